The molecular formula is C27H19NO3. The first-order chi connectivity index (χ1) is 15.1. The van der Waals surface area contributed by atoms with Gasteiger partial charge in [-0.25, -0.2) is 4.90 Å². The Hall–Kier alpha value is -3.92. The van der Waals surface area contributed by atoms with E-state index in [1.165, 1.54) is 16.0 Å². The molecule has 0 spiro atoms. The molecule has 4 heteroatoms. The number of benzene rings is 4. The molecular weight excluding hydrogens is 386 g/mol. The molecule has 0 saturated carbocycles. The summed E-state index contributed by atoms with van der Waals surface area (Å²) < 4.78 is 5.95. The number of rotatable bonds is 3. The molecule has 6 rings (SSSR count). The lowest BCUT2D eigenvalue weighted by atomic mass is 9.91. The molecule has 0 N–H and O–H groups in total. The minimum atomic E-state index is -0.277. The summed E-state index contributed by atoms with van der Waals surface area (Å²) in [5.74, 6) is 0.872. The molecule has 0 saturated heterocycles. The summed E-state index contributed by atoms with van der Waals surface area (Å²) in [4.78, 5) is 28.0. The van der Waals surface area contributed by atoms with E-state index in [1.807, 2.05) is 55.5 Å². The fourth-order valence-electron chi connectivity index (χ4n) is 4.71. The van der Waals surface area contributed by atoms with Gasteiger partial charge in [-0.3, -0.25) is 9.59 Å². The molecule has 4 aromatic rings. The fourth-order valence-corrected chi connectivity index (χ4v) is 4.71. The second-order valence-corrected chi connectivity index (χ2v) is 8.10. The Bertz CT molecular complexity index is 1340. The van der Waals surface area contributed by atoms with E-state index in [1.54, 1.807) is 24.3 Å². The third-order valence-corrected chi connectivity index (χ3v) is 6.28. The van der Waals surface area contributed by atoms with E-state index in [9.17, 15) is 9.59 Å². The van der Waals surface area contributed by atoms with Crippen LogP contribution in [-0.4, -0.2) is 11.8 Å². The third kappa shape index (κ3) is 2.61. The first kappa shape index (κ1) is 17.9. The maximum Gasteiger partial charge on any atom is 0.265 e. The van der Waals surface area contributed by atoms with Crippen LogP contribution in [0.4, 0.5) is 5.69 Å². The average molecular weight is 405 g/mol. The maximum atomic E-state index is 13.4. The molecule has 0 fully saturated rings. The number of carbonyl (C=O) groups excluding carboxylic acids is 2. The van der Waals surface area contributed by atoms with Gasteiger partial charge in [0, 0.05) is 16.5 Å². The van der Waals surface area contributed by atoms with Crippen LogP contribution in [0.25, 0.3) is 10.8 Å². The number of para-hydroxylation sites is 1. The lowest BCUT2D eigenvalue weighted by molar-refractivity contribution is 0.0893. The molecule has 31 heavy (non-hydrogen) atoms. The number of hydrogen-bond donors (Lipinski definition) is 0. The van der Waals surface area contributed by atoms with E-state index in [-0.39, 0.29) is 11.8 Å². The van der Waals surface area contributed by atoms with Gasteiger partial charge in [0.25, 0.3) is 11.8 Å². The molecule has 0 aromatic heterocycles. The predicted molar refractivity (Wildman–Crippen MR) is 120 cm³/mol. The van der Waals surface area contributed by atoms with Crippen molar-refractivity contribution in [2.75, 3.05) is 4.90 Å². The summed E-state index contributed by atoms with van der Waals surface area (Å²) in [6.07, 6.45) is 1.92. The third-order valence-electron chi connectivity index (χ3n) is 6.28. The van der Waals surface area contributed by atoms with Crippen LogP contribution >= 0.6 is 0 Å². The number of anilines is 1. The summed E-state index contributed by atoms with van der Waals surface area (Å²) in [6.45, 7) is 1.99. The van der Waals surface area contributed by atoms with Gasteiger partial charge in [-0.1, -0.05) is 30.3 Å². The Kier molecular flexibility index (Phi) is 3.78. The van der Waals surface area contributed by atoms with Gasteiger partial charge < -0.3 is 4.74 Å². The van der Waals surface area contributed by atoms with Gasteiger partial charge in [0.1, 0.15) is 11.5 Å². The normalized spacial score (nSPS) is 14.4. The summed E-state index contributed by atoms with van der Waals surface area (Å²) in [5.41, 5.74) is 5.21. The summed E-state index contributed by atoms with van der Waals surface area (Å²) in [5, 5.41) is 1.91. The zero-order valence-electron chi connectivity index (χ0n) is 17.0. The molecule has 1 heterocycles. The van der Waals surface area contributed by atoms with Crippen LogP contribution in [0.3, 0.4) is 0 Å². The number of ether oxygens (including phenoxy) is 1. The van der Waals surface area contributed by atoms with Gasteiger partial charge in [0.15, 0.2) is 0 Å². The lowest BCUT2D eigenvalue weighted by Gasteiger charge is -2.27. The zero-order chi connectivity index (χ0) is 21.1. The Balaban J connectivity index is 1.38. The second kappa shape index (κ2) is 6.54. The van der Waals surface area contributed by atoms with Gasteiger partial charge in [-0.05, 0) is 84.3 Å². The SMILES string of the molecule is Cc1ccccc1Oc1ccc(N2C(=O)c3ccc4c5c(ccc(c35)C2=O)CC4)cc1. The topological polar surface area (TPSA) is 46.6 Å². The largest absolute Gasteiger partial charge is 0.457 e. The van der Waals surface area contributed by atoms with E-state index >= 15 is 0 Å². The van der Waals surface area contributed by atoms with Gasteiger partial charge in [0.05, 0.1) is 5.69 Å². The Morgan fingerprint density at radius 3 is 1.94 bits per heavy atom. The summed E-state index contributed by atoms with van der Waals surface area (Å²) in [6, 6.07) is 22.7. The number of carbonyl (C=O) groups is 2. The molecule has 4 nitrogen and oxygen atoms in total. The minimum Gasteiger partial charge on any atom is -0.457 e. The van der Waals surface area contributed by atoms with E-state index < -0.39 is 0 Å². The van der Waals surface area contributed by atoms with Crippen molar-refractivity contribution in [2.24, 2.45) is 0 Å². The highest BCUT2D eigenvalue weighted by Gasteiger charge is 2.35. The Morgan fingerprint density at radius 2 is 1.32 bits per heavy atom. The Labute approximate surface area is 179 Å². The smallest absolute Gasteiger partial charge is 0.265 e. The highest BCUT2D eigenvalue weighted by atomic mass is 16.5. The van der Waals surface area contributed by atoms with Gasteiger partial charge in [-0.2, -0.15) is 0 Å². The van der Waals surface area contributed by atoms with E-state index in [0.29, 0.717) is 22.6 Å². The van der Waals surface area contributed by atoms with Crippen LogP contribution in [-0.2, 0) is 12.8 Å². The molecule has 150 valence electrons. The quantitative estimate of drug-likeness (QED) is 0.402. The molecule has 0 unspecified atom stereocenters. The number of aryl methyl sites for hydroxylation is 3. The standard InChI is InChI=1S/C27H19NO3/c1-16-4-2-3-5-23(16)31-20-12-10-19(11-13-20)28-26(29)21-14-8-17-6-7-18-9-15-22(27(28)30)25(21)24(17)18/h2-5,8-15H,6-7H2,1H3. The highest BCUT2D eigenvalue weighted by Crippen LogP contribution is 2.39. The maximum absolute atomic E-state index is 13.4. The molecule has 2 amide bonds. The van der Waals surface area contributed by atoms with Crippen LogP contribution in [0.1, 0.15) is 37.4 Å². The number of hydrogen-bond acceptors (Lipinski definition) is 3. The van der Waals surface area contributed by atoms with Crippen LogP contribution in [0, 0.1) is 6.92 Å². The van der Waals surface area contributed by atoms with Crippen molar-refractivity contribution >= 4 is 28.3 Å². The van der Waals surface area contributed by atoms with Crippen molar-refractivity contribution < 1.29 is 14.3 Å². The Morgan fingerprint density at radius 1 is 0.710 bits per heavy atom. The van der Waals surface area contributed by atoms with Crippen molar-refractivity contribution in [3.05, 3.63) is 101 Å². The van der Waals surface area contributed by atoms with Crippen LogP contribution in [0.2, 0.25) is 0 Å². The van der Waals surface area contributed by atoms with Gasteiger partial charge in [-0.15, -0.1) is 0 Å². The van der Waals surface area contributed by atoms with Crippen molar-refractivity contribution in [3.63, 3.8) is 0 Å². The van der Waals surface area contributed by atoms with Crippen LogP contribution < -0.4 is 9.64 Å². The van der Waals surface area contributed by atoms with Crippen LogP contribution in [0.5, 0.6) is 11.5 Å². The fraction of sp³-hybridized carbons (Fsp3) is 0.111. The first-order valence-electron chi connectivity index (χ1n) is 10.4. The molecule has 4 aromatic carbocycles. The van der Waals surface area contributed by atoms with Crippen molar-refractivity contribution in [3.8, 4) is 11.5 Å². The number of imide groups is 1. The lowest BCUT2D eigenvalue weighted by Crippen LogP contribution is -2.40. The van der Waals surface area contributed by atoms with Gasteiger partial charge in [0.2, 0.25) is 0 Å². The summed E-state index contributed by atoms with van der Waals surface area (Å²) in [7, 11) is 0. The summed E-state index contributed by atoms with van der Waals surface area (Å²) >= 11 is 0. The van der Waals surface area contributed by atoms with E-state index in [4.69, 9.17) is 4.74 Å². The molecule has 1 aliphatic heterocycles. The van der Waals surface area contributed by atoms with Gasteiger partial charge >= 0.3 is 0 Å². The molecule has 2 aliphatic rings. The average Bonchev–Trinajstić information content (AvgIpc) is 3.21. The monoisotopic (exact) mass is 405 g/mol. The van der Waals surface area contributed by atoms with Crippen molar-refractivity contribution in [2.45, 2.75) is 19.8 Å². The van der Waals surface area contributed by atoms with Crippen molar-refractivity contribution in [1.82, 2.24) is 0 Å². The van der Waals surface area contributed by atoms with Crippen molar-refractivity contribution in [1.29, 1.82) is 0 Å². The zero-order valence-corrected chi connectivity index (χ0v) is 17.0. The molecule has 0 radical (unpaired) electrons. The number of amides is 2. The van der Waals surface area contributed by atoms with Crippen LogP contribution in [0.15, 0.2) is 72.8 Å². The highest BCUT2D eigenvalue weighted by molar-refractivity contribution is 6.36. The number of nitrogens with zero attached hydrogens (tertiary/aromatic N) is 1. The molecule has 0 bridgehead atoms. The predicted octanol–water partition coefficient (Wildman–Crippen LogP) is 5.84. The first-order valence-corrected chi connectivity index (χ1v) is 10.4. The minimum absolute atomic E-state index is 0.277. The van der Waals surface area contributed by atoms with E-state index in [0.717, 1.165) is 34.9 Å². The van der Waals surface area contributed by atoms with E-state index in [2.05, 4.69) is 0 Å². The molecule has 0 atom stereocenters. The molecule has 1 aliphatic carbocycles. The second-order valence-electron chi connectivity index (χ2n) is 8.10.